The van der Waals surface area contributed by atoms with Crippen molar-refractivity contribution in [3.05, 3.63) is 10.7 Å². The first kappa shape index (κ1) is 10.2. The highest BCUT2D eigenvalue weighted by Gasteiger charge is 2.07. The number of rotatable bonds is 3. The van der Waals surface area contributed by atoms with E-state index in [0.717, 1.165) is 28.5 Å². The molecule has 1 aromatic heterocycles. The topological polar surface area (TPSA) is 42.0 Å². The molecule has 0 atom stereocenters. The second kappa shape index (κ2) is 4.37. The number of carbonyl (C=O) groups is 1. The molecule has 1 N–H and O–H groups in total. The first-order valence-electron chi connectivity index (χ1n) is 4.37. The zero-order valence-corrected chi connectivity index (χ0v) is 8.99. The molecule has 1 heterocycles. The molecule has 1 amide bonds. The molecule has 1 aromatic rings. The Morgan fingerprint density at radius 2 is 2.31 bits per heavy atom. The van der Waals surface area contributed by atoms with Crippen LogP contribution in [0.1, 0.15) is 31.0 Å². The van der Waals surface area contributed by atoms with Crippen molar-refractivity contribution in [3.63, 3.8) is 0 Å². The molecule has 0 aliphatic heterocycles. The Kier molecular flexibility index (Phi) is 3.42. The second-order valence-electron chi connectivity index (χ2n) is 2.95. The van der Waals surface area contributed by atoms with Crippen LogP contribution in [0, 0.1) is 6.92 Å². The minimum Gasteiger partial charge on any atom is -0.316 e. The highest BCUT2D eigenvalue weighted by Crippen LogP contribution is 2.24. The second-order valence-corrected chi connectivity index (χ2v) is 4.04. The van der Waals surface area contributed by atoms with Gasteiger partial charge in [-0.15, -0.1) is 11.3 Å². The van der Waals surface area contributed by atoms with Crippen molar-refractivity contribution in [3.8, 4) is 0 Å². The van der Waals surface area contributed by atoms with Crippen LogP contribution in [0.4, 0.5) is 5.00 Å². The van der Waals surface area contributed by atoms with Gasteiger partial charge in [-0.3, -0.25) is 4.79 Å². The lowest BCUT2D eigenvalue weighted by molar-refractivity contribution is -0.114. The molecule has 72 valence electrons. The lowest BCUT2D eigenvalue weighted by Gasteiger charge is -1.95. The standard InChI is InChI=1S/C9H14N2OS/c1-4-5-8-10-6(2)9(13-8)11-7(3)12/h4-5H2,1-3H3,(H,11,12). The lowest BCUT2D eigenvalue weighted by atomic mass is 10.3. The molecule has 1 rings (SSSR count). The van der Waals surface area contributed by atoms with Crippen LogP contribution in [0.5, 0.6) is 0 Å². The van der Waals surface area contributed by atoms with Crippen LogP contribution in [0.25, 0.3) is 0 Å². The summed E-state index contributed by atoms with van der Waals surface area (Å²) >= 11 is 1.57. The van der Waals surface area contributed by atoms with E-state index in [-0.39, 0.29) is 5.91 Å². The first-order valence-corrected chi connectivity index (χ1v) is 5.19. The molecule has 13 heavy (non-hydrogen) atoms. The molecule has 0 saturated heterocycles. The molecule has 0 aliphatic rings. The number of amides is 1. The SMILES string of the molecule is CCCc1nc(C)c(NC(C)=O)s1. The van der Waals surface area contributed by atoms with Crippen LogP contribution in [0.2, 0.25) is 0 Å². The first-order chi connectivity index (χ1) is 6.13. The van der Waals surface area contributed by atoms with Crippen molar-refractivity contribution in [1.29, 1.82) is 0 Å². The van der Waals surface area contributed by atoms with Gasteiger partial charge < -0.3 is 5.32 Å². The summed E-state index contributed by atoms with van der Waals surface area (Å²) in [5, 5.41) is 4.75. The van der Waals surface area contributed by atoms with Crippen molar-refractivity contribution in [2.75, 3.05) is 5.32 Å². The predicted molar refractivity (Wildman–Crippen MR) is 55.1 cm³/mol. The summed E-state index contributed by atoms with van der Waals surface area (Å²) in [6.07, 6.45) is 2.08. The van der Waals surface area contributed by atoms with Crippen molar-refractivity contribution >= 4 is 22.2 Å². The summed E-state index contributed by atoms with van der Waals surface area (Å²) in [6.45, 7) is 5.55. The number of aromatic nitrogens is 1. The number of nitrogens with zero attached hydrogens (tertiary/aromatic N) is 1. The summed E-state index contributed by atoms with van der Waals surface area (Å²) in [6, 6.07) is 0. The summed E-state index contributed by atoms with van der Waals surface area (Å²) in [4.78, 5) is 15.2. The number of nitrogens with one attached hydrogen (secondary N) is 1. The van der Waals surface area contributed by atoms with E-state index in [1.165, 1.54) is 6.92 Å². The van der Waals surface area contributed by atoms with Crippen molar-refractivity contribution in [2.24, 2.45) is 0 Å². The zero-order valence-electron chi connectivity index (χ0n) is 8.18. The van der Waals surface area contributed by atoms with Crippen LogP contribution in [0.15, 0.2) is 0 Å². The van der Waals surface area contributed by atoms with Crippen LogP contribution < -0.4 is 5.32 Å². The van der Waals surface area contributed by atoms with Crippen molar-refractivity contribution in [2.45, 2.75) is 33.6 Å². The summed E-state index contributed by atoms with van der Waals surface area (Å²) < 4.78 is 0. The molecule has 0 unspecified atom stereocenters. The Hall–Kier alpha value is -0.900. The van der Waals surface area contributed by atoms with E-state index in [1.807, 2.05) is 6.92 Å². The van der Waals surface area contributed by atoms with Gasteiger partial charge in [0, 0.05) is 6.92 Å². The Morgan fingerprint density at radius 3 is 2.85 bits per heavy atom. The number of carbonyl (C=O) groups excluding carboxylic acids is 1. The maximum Gasteiger partial charge on any atom is 0.221 e. The molecule has 0 spiro atoms. The minimum atomic E-state index is -0.0326. The monoisotopic (exact) mass is 198 g/mol. The van der Waals surface area contributed by atoms with E-state index in [4.69, 9.17) is 0 Å². The third-order valence-corrected chi connectivity index (χ3v) is 2.73. The fourth-order valence-electron chi connectivity index (χ4n) is 1.05. The van der Waals surface area contributed by atoms with E-state index in [0.29, 0.717) is 0 Å². The van der Waals surface area contributed by atoms with E-state index in [9.17, 15) is 4.79 Å². The van der Waals surface area contributed by atoms with Gasteiger partial charge in [-0.05, 0) is 19.8 Å². The van der Waals surface area contributed by atoms with Gasteiger partial charge in [-0.25, -0.2) is 4.98 Å². The third kappa shape index (κ3) is 2.81. The fraction of sp³-hybridized carbons (Fsp3) is 0.556. The van der Waals surface area contributed by atoms with Gasteiger partial charge in [0.25, 0.3) is 0 Å². The van der Waals surface area contributed by atoms with E-state index < -0.39 is 0 Å². The largest absolute Gasteiger partial charge is 0.316 e. The minimum absolute atomic E-state index is 0.0326. The Balaban J connectivity index is 2.77. The van der Waals surface area contributed by atoms with E-state index in [2.05, 4.69) is 17.2 Å². The van der Waals surface area contributed by atoms with Gasteiger partial charge in [0.05, 0.1) is 10.7 Å². The summed E-state index contributed by atoms with van der Waals surface area (Å²) in [5.41, 5.74) is 0.920. The predicted octanol–water partition coefficient (Wildman–Crippen LogP) is 2.36. The molecular formula is C9H14N2OS. The van der Waals surface area contributed by atoms with Gasteiger partial charge >= 0.3 is 0 Å². The smallest absolute Gasteiger partial charge is 0.221 e. The van der Waals surface area contributed by atoms with Gasteiger partial charge in [0.15, 0.2) is 0 Å². The highest BCUT2D eigenvalue weighted by molar-refractivity contribution is 7.16. The van der Waals surface area contributed by atoms with E-state index >= 15 is 0 Å². The molecule has 0 fully saturated rings. The average Bonchev–Trinajstić information content (AvgIpc) is 2.31. The summed E-state index contributed by atoms with van der Waals surface area (Å²) in [7, 11) is 0. The number of hydrogen-bond acceptors (Lipinski definition) is 3. The molecule has 0 bridgehead atoms. The molecular weight excluding hydrogens is 184 g/mol. The van der Waals surface area contributed by atoms with Gasteiger partial charge in [-0.1, -0.05) is 6.92 Å². The van der Waals surface area contributed by atoms with Gasteiger partial charge in [0.1, 0.15) is 5.00 Å². The number of thiazole rings is 1. The molecule has 0 saturated carbocycles. The quantitative estimate of drug-likeness (QED) is 0.810. The fourth-order valence-corrected chi connectivity index (χ4v) is 2.16. The Labute approximate surface area is 82.2 Å². The third-order valence-electron chi connectivity index (χ3n) is 1.59. The van der Waals surface area contributed by atoms with Crippen LogP contribution in [-0.2, 0) is 11.2 Å². The van der Waals surface area contributed by atoms with Gasteiger partial charge in [0.2, 0.25) is 5.91 Å². The maximum atomic E-state index is 10.8. The molecule has 0 aliphatic carbocycles. The lowest BCUT2D eigenvalue weighted by Crippen LogP contribution is -2.04. The van der Waals surface area contributed by atoms with Crippen LogP contribution >= 0.6 is 11.3 Å². The molecule has 3 nitrogen and oxygen atoms in total. The Morgan fingerprint density at radius 1 is 1.62 bits per heavy atom. The normalized spacial score (nSPS) is 10.1. The van der Waals surface area contributed by atoms with Crippen LogP contribution in [0.3, 0.4) is 0 Å². The number of hydrogen-bond donors (Lipinski definition) is 1. The van der Waals surface area contributed by atoms with Crippen molar-refractivity contribution in [1.82, 2.24) is 4.98 Å². The highest BCUT2D eigenvalue weighted by atomic mass is 32.1. The average molecular weight is 198 g/mol. The van der Waals surface area contributed by atoms with Gasteiger partial charge in [-0.2, -0.15) is 0 Å². The number of anilines is 1. The summed E-state index contributed by atoms with van der Waals surface area (Å²) in [5.74, 6) is -0.0326. The van der Waals surface area contributed by atoms with Crippen molar-refractivity contribution < 1.29 is 4.79 Å². The zero-order chi connectivity index (χ0) is 9.84. The van der Waals surface area contributed by atoms with Crippen LogP contribution in [-0.4, -0.2) is 10.9 Å². The number of aryl methyl sites for hydroxylation is 2. The molecule has 0 aromatic carbocycles. The molecule has 4 heteroatoms. The van der Waals surface area contributed by atoms with E-state index in [1.54, 1.807) is 11.3 Å². The Bertz CT molecular complexity index is 307. The molecule has 0 radical (unpaired) electrons. The maximum absolute atomic E-state index is 10.8.